The molecule has 5 heteroatoms. The highest BCUT2D eigenvalue weighted by Gasteiger charge is 2.14. The van der Waals surface area contributed by atoms with Crippen LogP contribution >= 0.6 is 0 Å². The number of hydrogen-bond acceptors (Lipinski definition) is 4. The van der Waals surface area contributed by atoms with Gasteiger partial charge in [-0.3, -0.25) is 0 Å². The van der Waals surface area contributed by atoms with E-state index in [1.165, 1.54) is 6.07 Å². The predicted molar refractivity (Wildman–Crippen MR) is 45.6 cm³/mol. The van der Waals surface area contributed by atoms with E-state index in [4.69, 9.17) is 4.74 Å². The second kappa shape index (κ2) is 3.76. The predicted octanol–water partition coefficient (Wildman–Crippen LogP) is -0.501. The van der Waals surface area contributed by atoms with Crippen LogP contribution in [0.15, 0.2) is 15.4 Å². The Labute approximate surface area is 75.0 Å². The van der Waals surface area contributed by atoms with Crippen molar-refractivity contribution in [3.05, 3.63) is 22.2 Å². The second-order valence-corrected chi connectivity index (χ2v) is 3.12. The number of aromatic nitrogens is 1. The maximum Gasteiger partial charge on any atom is 0.357 e. The first kappa shape index (κ1) is 8.52. The molecule has 0 aliphatic carbocycles. The molecule has 0 aromatic carbocycles. The number of nitrogens with one attached hydrogen (secondary N) is 2. The van der Waals surface area contributed by atoms with Crippen molar-refractivity contribution in [1.82, 2.24) is 10.5 Å². The molecule has 0 saturated carbocycles. The number of hydrogen-bond donors (Lipinski definition) is 2. The van der Waals surface area contributed by atoms with Crippen molar-refractivity contribution in [1.29, 1.82) is 0 Å². The number of morpholine rings is 1. The third-order valence-electron chi connectivity index (χ3n) is 2.04. The van der Waals surface area contributed by atoms with Gasteiger partial charge >= 0.3 is 5.63 Å². The highest BCUT2D eigenvalue weighted by molar-refractivity contribution is 4.99. The van der Waals surface area contributed by atoms with E-state index < -0.39 is 0 Å². The van der Waals surface area contributed by atoms with Crippen LogP contribution in [0, 0.1) is 0 Å². The molecule has 1 unspecified atom stereocenters. The van der Waals surface area contributed by atoms with Gasteiger partial charge in [0.2, 0.25) is 0 Å². The molecule has 1 aromatic rings. The van der Waals surface area contributed by atoms with Crippen LogP contribution in [0.4, 0.5) is 0 Å². The quantitative estimate of drug-likeness (QED) is 0.650. The largest absolute Gasteiger partial charge is 0.379 e. The summed E-state index contributed by atoms with van der Waals surface area (Å²) >= 11 is 0. The Morgan fingerprint density at radius 2 is 2.54 bits per heavy atom. The third-order valence-corrected chi connectivity index (χ3v) is 2.04. The maximum absolute atomic E-state index is 10.7. The first-order valence-electron chi connectivity index (χ1n) is 4.33. The van der Waals surface area contributed by atoms with Crippen molar-refractivity contribution in [2.75, 3.05) is 19.8 Å². The fraction of sp³-hybridized carbons (Fsp3) is 0.625. The zero-order chi connectivity index (χ0) is 9.10. The second-order valence-electron chi connectivity index (χ2n) is 3.12. The lowest BCUT2D eigenvalue weighted by atomic mass is 10.1. The molecule has 0 bridgehead atoms. The number of aromatic amines is 1. The molecule has 1 aliphatic heterocycles. The van der Waals surface area contributed by atoms with E-state index in [2.05, 4.69) is 15.0 Å². The summed E-state index contributed by atoms with van der Waals surface area (Å²) in [5.41, 5.74) is 0.486. The molecule has 1 saturated heterocycles. The smallest absolute Gasteiger partial charge is 0.357 e. The van der Waals surface area contributed by atoms with E-state index in [1.807, 2.05) is 0 Å². The number of rotatable bonds is 2. The summed E-state index contributed by atoms with van der Waals surface area (Å²) in [4.78, 5) is 10.7. The lowest BCUT2D eigenvalue weighted by molar-refractivity contribution is 0.0765. The van der Waals surface area contributed by atoms with Crippen molar-refractivity contribution >= 4 is 0 Å². The Hall–Kier alpha value is -1.07. The van der Waals surface area contributed by atoms with Crippen molar-refractivity contribution in [3.8, 4) is 0 Å². The summed E-state index contributed by atoms with van der Waals surface area (Å²) in [6.07, 6.45) is 0.742. The SMILES string of the molecule is O=c1cc(CC2COCCN2)[nH]o1. The van der Waals surface area contributed by atoms with Gasteiger partial charge in [-0.15, -0.1) is 0 Å². The molecule has 2 rings (SSSR count). The van der Waals surface area contributed by atoms with Crippen molar-refractivity contribution in [2.24, 2.45) is 0 Å². The minimum Gasteiger partial charge on any atom is -0.379 e. The van der Waals surface area contributed by atoms with Gasteiger partial charge < -0.3 is 14.6 Å². The summed E-state index contributed by atoms with van der Waals surface area (Å²) in [5, 5.41) is 5.86. The van der Waals surface area contributed by atoms with Crippen LogP contribution in [0.5, 0.6) is 0 Å². The minimum absolute atomic E-state index is 0.280. The maximum atomic E-state index is 10.7. The average Bonchev–Trinajstić information content (AvgIpc) is 2.53. The fourth-order valence-electron chi connectivity index (χ4n) is 1.43. The molecule has 72 valence electrons. The summed E-state index contributed by atoms with van der Waals surface area (Å²) < 4.78 is 9.83. The zero-order valence-corrected chi connectivity index (χ0v) is 7.21. The molecule has 5 nitrogen and oxygen atoms in total. The molecular formula is C8H12N2O3. The van der Waals surface area contributed by atoms with Crippen LogP contribution in [0.3, 0.4) is 0 Å². The summed E-state index contributed by atoms with van der Waals surface area (Å²) in [6.45, 7) is 2.32. The van der Waals surface area contributed by atoms with Crippen LogP contribution in [-0.4, -0.2) is 31.0 Å². The minimum atomic E-state index is -0.327. The lowest BCUT2D eigenvalue weighted by Crippen LogP contribution is -2.42. The van der Waals surface area contributed by atoms with Gasteiger partial charge in [0.25, 0.3) is 0 Å². The van der Waals surface area contributed by atoms with E-state index in [-0.39, 0.29) is 11.7 Å². The van der Waals surface area contributed by atoms with Gasteiger partial charge in [-0.25, -0.2) is 9.95 Å². The van der Waals surface area contributed by atoms with Crippen molar-refractivity contribution < 1.29 is 9.26 Å². The third kappa shape index (κ3) is 2.19. The first-order chi connectivity index (χ1) is 6.34. The molecule has 1 atom stereocenters. The molecule has 1 aliphatic rings. The average molecular weight is 184 g/mol. The summed E-state index contributed by atoms with van der Waals surface area (Å²) in [6, 6.07) is 1.75. The molecule has 0 spiro atoms. The Morgan fingerprint density at radius 3 is 3.15 bits per heavy atom. The van der Waals surface area contributed by atoms with Gasteiger partial charge in [0.15, 0.2) is 0 Å². The lowest BCUT2D eigenvalue weighted by Gasteiger charge is -2.22. The molecule has 0 amide bonds. The fourth-order valence-corrected chi connectivity index (χ4v) is 1.43. The number of H-pyrrole nitrogens is 1. The topological polar surface area (TPSA) is 67.3 Å². The number of ether oxygens (including phenoxy) is 1. The van der Waals surface area contributed by atoms with E-state index in [1.54, 1.807) is 0 Å². The van der Waals surface area contributed by atoms with Crippen LogP contribution in [-0.2, 0) is 11.2 Å². The van der Waals surface area contributed by atoms with Crippen LogP contribution in [0.2, 0.25) is 0 Å². The van der Waals surface area contributed by atoms with Crippen molar-refractivity contribution in [3.63, 3.8) is 0 Å². The molecule has 2 N–H and O–H groups in total. The molecular weight excluding hydrogens is 172 g/mol. The monoisotopic (exact) mass is 184 g/mol. The van der Waals surface area contributed by atoms with Gasteiger partial charge in [0.05, 0.1) is 18.9 Å². The Balaban J connectivity index is 1.93. The standard InChI is InChI=1S/C8H12N2O3/c11-8-4-6(10-13-8)3-7-5-12-2-1-9-7/h4,7,9-10H,1-3,5H2. The van der Waals surface area contributed by atoms with Gasteiger partial charge in [-0.1, -0.05) is 0 Å². The van der Waals surface area contributed by atoms with Crippen molar-refractivity contribution in [2.45, 2.75) is 12.5 Å². The summed E-state index contributed by atoms with van der Waals surface area (Å²) in [7, 11) is 0. The Morgan fingerprint density at radius 1 is 1.62 bits per heavy atom. The zero-order valence-electron chi connectivity index (χ0n) is 7.21. The van der Waals surface area contributed by atoms with E-state index >= 15 is 0 Å². The van der Waals surface area contributed by atoms with Gasteiger partial charge in [-0.05, 0) is 0 Å². The molecule has 13 heavy (non-hydrogen) atoms. The molecule has 2 heterocycles. The van der Waals surface area contributed by atoms with E-state index in [0.29, 0.717) is 6.61 Å². The van der Waals surface area contributed by atoms with Crippen LogP contribution in [0.25, 0.3) is 0 Å². The highest BCUT2D eigenvalue weighted by Crippen LogP contribution is 2.00. The van der Waals surface area contributed by atoms with Crippen LogP contribution < -0.4 is 10.9 Å². The van der Waals surface area contributed by atoms with Crippen LogP contribution in [0.1, 0.15) is 5.69 Å². The van der Waals surface area contributed by atoms with Gasteiger partial charge in [0, 0.05) is 25.1 Å². The Kier molecular flexibility index (Phi) is 2.47. The van der Waals surface area contributed by atoms with E-state index in [9.17, 15) is 4.79 Å². The normalized spacial score (nSPS) is 23.2. The van der Waals surface area contributed by atoms with Gasteiger partial charge in [0.1, 0.15) is 0 Å². The first-order valence-corrected chi connectivity index (χ1v) is 4.33. The molecule has 1 fully saturated rings. The van der Waals surface area contributed by atoms with Gasteiger partial charge in [-0.2, -0.15) is 0 Å². The van der Waals surface area contributed by atoms with E-state index in [0.717, 1.165) is 25.3 Å². The highest BCUT2D eigenvalue weighted by atomic mass is 16.5. The molecule has 0 radical (unpaired) electrons. The Bertz CT molecular complexity index is 311. The summed E-state index contributed by atoms with van der Waals surface area (Å²) in [5.74, 6) is 0. The molecule has 1 aromatic heterocycles.